The summed E-state index contributed by atoms with van der Waals surface area (Å²) in [5, 5.41) is 6.60. The van der Waals surface area contributed by atoms with E-state index in [0.717, 1.165) is 21.4 Å². The van der Waals surface area contributed by atoms with E-state index < -0.39 is 0 Å². The first-order valence-corrected chi connectivity index (χ1v) is 11.2. The van der Waals surface area contributed by atoms with Crippen LogP contribution in [0.3, 0.4) is 0 Å². The van der Waals surface area contributed by atoms with Gasteiger partial charge in [-0.2, -0.15) is 0 Å². The molecular weight excluding hydrogens is 509 g/mol. The van der Waals surface area contributed by atoms with Crippen molar-refractivity contribution in [2.24, 2.45) is 0 Å². The first kappa shape index (κ1) is 21.1. The van der Waals surface area contributed by atoms with Gasteiger partial charge in [0.2, 0.25) is 0 Å². The van der Waals surface area contributed by atoms with Crippen molar-refractivity contribution in [1.29, 1.82) is 0 Å². The molecule has 0 aliphatic heterocycles. The number of anilines is 1. The second-order valence-corrected chi connectivity index (χ2v) is 8.99. The fourth-order valence-electron chi connectivity index (χ4n) is 2.83. The molecule has 0 saturated carbocycles. The van der Waals surface area contributed by atoms with Gasteiger partial charge in [-0.05, 0) is 37.3 Å². The molecule has 30 heavy (non-hydrogen) atoms. The second kappa shape index (κ2) is 8.89. The minimum Gasteiger partial charge on any atom is -0.480 e. The van der Waals surface area contributed by atoms with Crippen LogP contribution in [-0.4, -0.2) is 22.5 Å². The fourth-order valence-corrected chi connectivity index (χ4v) is 4.54. The lowest BCUT2D eigenvalue weighted by molar-refractivity contribution is -0.118. The lowest BCUT2D eigenvalue weighted by Gasteiger charge is -2.12. The van der Waals surface area contributed by atoms with Crippen LogP contribution < -0.4 is 10.1 Å². The van der Waals surface area contributed by atoms with Gasteiger partial charge in [-0.15, -0.1) is 11.3 Å². The number of ether oxygens (including phenoxy) is 1. The summed E-state index contributed by atoms with van der Waals surface area (Å²) >= 11 is 17.3. The number of nitrogens with one attached hydrogen (secondary N) is 1. The molecule has 4 rings (SSSR count). The quantitative estimate of drug-likeness (QED) is 0.314. The highest BCUT2D eigenvalue weighted by molar-refractivity contribution is 9.10. The van der Waals surface area contributed by atoms with Crippen molar-refractivity contribution in [1.82, 2.24) is 9.97 Å². The Morgan fingerprint density at radius 3 is 2.80 bits per heavy atom. The Morgan fingerprint density at radius 2 is 2.00 bits per heavy atom. The number of hydrogen-bond acceptors (Lipinski definition) is 5. The lowest BCUT2D eigenvalue weighted by Crippen LogP contribution is -2.20. The highest BCUT2D eigenvalue weighted by Crippen LogP contribution is 2.37. The molecule has 0 radical (unpaired) electrons. The third-order valence-electron chi connectivity index (χ3n) is 4.20. The Morgan fingerprint density at radius 1 is 1.17 bits per heavy atom. The van der Waals surface area contributed by atoms with E-state index in [0.29, 0.717) is 31.8 Å². The third kappa shape index (κ3) is 4.59. The number of hydrogen-bond donors (Lipinski definition) is 1. The van der Waals surface area contributed by atoms with Crippen molar-refractivity contribution in [3.05, 3.63) is 68.1 Å². The topological polar surface area (TPSA) is 64.1 Å². The van der Waals surface area contributed by atoms with E-state index >= 15 is 0 Å². The van der Waals surface area contributed by atoms with Crippen molar-refractivity contribution in [3.8, 4) is 17.0 Å². The molecule has 1 amide bonds. The molecule has 5 nitrogen and oxygen atoms in total. The Bertz CT molecular complexity index is 1260. The van der Waals surface area contributed by atoms with E-state index in [9.17, 15) is 4.79 Å². The molecule has 9 heteroatoms. The minimum atomic E-state index is -0.350. The van der Waals surface area contributed by atoms with Crippen molar-refractivity contribution in [2.45, 2.75) is 6.92 Å². The van der Waals surface area contributed by atoms with Gasteiger partial charge in [-0.25, -0.2) is 9.97 Å². The molecule has 0 fully saturated rings. The van der Waals surface area contributed by atoms with Crippen LogP contribution >= 0.6 is 50.5 Å². The average molecular weight is 523 g/mol. The predicted molar refractivity (Wildman–Crippen MR) is 126 cm³/mol. The van der Waals surface area contributed by atoms with E-state index in [-0.39, 0.29) is 12.5 Å². The molecular formula is C21H14BrCl2N3O2S. The average Bonchev–Trinajstić information content (AvgIpc) is 3.16. The normalized spacial score (nSPS) is 10.9. The molecule has 2 heterocycles. The zero-order valence-electron chi connectivity index (χ0n) is 15.6. The number of aromatic nitrogens is 2. The Labute approximate surface area is 195 Å². The number of pyridine rings is 1. The monoisotopic (exact) mass is 521 g/mol. The fraction of sp³-hybridized carbons (Fsp3) is 0.0952. The van der Waals surface area contributed by atoms with E-state index in [1.54, 1.807) is 6.07 Å². The predicted octanol–water partition coefficient (Wildman–Crippen LogP) is 6.75. The Balaban J connectivity index is 1.48. The maximum Gasteiger partial charge on any atom is 0.264 e. The molecule has 4 aromatic rings. The first-order valence-electron chi connectivity index (χ1n) is 8.80. The third-order valence-corrected chi connectivity index (χ3v) is 6.04. The van der Waals surface area contributed by atoms with Crippen molar-refractivity contribution < 1.29 is 9.53 Å². The SMILES string of the molecule is Cc1ccc2c(Cl)cc(Cl)c(OCC(=O)Nc3nc(-c4cccc(Br)c4)cs3)c2n1. The number of thiazole rings is 1. The second-order valence-electron chi connectivity index (χ2n) is 6.40. The maximum atomic E-state index is 12.4. The molecule has 0 bridgehead atoms. The molecule has 2 aromatic heterocycles. The van der Waals surface area contributed by atoms with Gasteiger partial charge >= 0.3 is 0 Å². The molecule has 0 atom stereocenters. The number of halogens is 3. The number of carbonyl (C=O) groups excluding carboxylic acids is 1. The summed E-state index contributed by atoms with van der Waals surface area (Å²) in [7, 11) is 0. The molecule has 0 aliphatic carbocycles. The standard InChI is InChI=1S/C21H14BrCl2N3O2S/c1-11-5-6-14-15(23)8-16(24)20(19(14)25-11)29-9-18(28)27-21-26-17(10-30-21)12-3-2-4-13(22)7-12/h2-8,10H,9H2,1H3,(H,26,27,28). The van der Waals surface area contributed by atoms with Crippen molar-refractivity contribution >= 4 is 72.4 Å². The number of benzene rings is 2. The number of fused-ring (bicyclic) bond motifs is 1. The van der Waals surface area contributed by atoms with Crippen LogP contribution in [0.15, 0.2) is 52.3 Å². The molecule has 0 spiro atoms. The van der Waals surface area contributed by atoms with Crippen molar-refractivity contribution in [3.63, 3.8) is 0 Å². The highest BCUT2D eigenvalue weighted by atomic mass is 79.9. The lowest BCUT2D eigenvalue weighted by atomic mass is 10.2. The summed E-state index contributed by atoms with van der Waals surface area (Å²) in [6, 6.07) is 13.1. The summed E-state index contributed by atoms with van der Waals surface area (Å²) in [4.78, 5) is 21.3. The van der Waals surface area contributed by atoms with Gasteiger partial charge in [0.1, 0.15) is 5.52 Å². The van der Waals surface area contributed by atoms with E-state index in [1.165, 1.54) is 11.3 Å². The number of rotatable bonds is 5. The van der Waals surface area contributed by atoms with Crippen LogP contribution in [0.1, 0.15) is 5.69 Å². The molecule has 0 unspecified atom stereocenters. The first-order chi connectivity index (χ1) is 14.4. The van der Waals surface area contributed by atoms with Crippen LogP contribution in [0.2, 0.25) is 10.0 Å². The highest BCUT2D eigenvalue weighted by Gasteiger charge is 2.15. The van der Waals surface area contributed by atoms with Gasteiger partial charge < -0.3 is 4.74 Å². The Hall–Kier alpha value is -2.19. The molecule has 152 valence electrons. The maximum absolute atomic E-state index is 12.4. The summed E-state index contributed by atoms with van der Waals surface area (Å²) < 4.78 is 6.67. The van der Waals surface area contributed by atoms with Gasteiger partial charge in [0.15, 0.2) is 17.5 Å². The van der Waals surface area contributed by atoms with E-state index in [4.69, 9.17) is 27.9 Å². The van der Waals surface area contributed by atoms with Crippen LogP contribution in [-0.2, 0) is 4.79 Å². The number of carbonyl (C=O) groups is 1. The largest absolute Gasteiger partial charge is 0.480 e. The number of nitrogens with zero attached hydrogens (tertiary/aromatic N) is 2. The number of aryl methyl sites for hydroxylation is 1. The van der Waals surface area contributed by atoms with Gasteiger partial charge in [0.05, 0.1) is 15.7 Å². The van der Waals surface area contributed by atoms with Gasteiger partial charge in [0, 0.05) is 26.5 Å². The van der Waals surface area contributed by atoms with Gasteiger partial charge in [0.25, 0.3) is 5.91 Å². The summed E-state index contributed by atoms with van der Waals surface area (Å²) in [5.41, 5.74) is 3.05. The van der Waals surface area contributed by atoms with E-state index in [1.807, 2.05) is 48.7 Å². The van der Waals surface area contributed by atoms with Gasteiger partial charge in [-0.1, -0.05) is 51.3 Å². The van der Waals surface area contributed by atoms with Crippen LogP contribution in [0, 0.1) is 6.92 Å². The molecule has 2 aromatic carbocycles. The van der Waals surface area contributed by atoms with Crippen LogP contribution in [0.5, 0.6) is 5.75 Å². The zero-order chi connectivity index (χ0) is 21.3. The summed E-state index contributed by atoms with van der Waals surface area (Å²) in [6.45, 7) is 1.62. The minimum absolute atomic E-state index is 0.238. The Kier molecular flexibility index (Phi) is 6.24. The molecule has 0 aliphatic rings. The molecule has 1 N–H and O–H groups in total. The van der Waals surface area contributed by atoms with Crippen molar-refractivity contribution in [2.75, 3.05) is 11.9 Å². The zero-order valence-corrected chi connectivity index (χ0v) is 19.5. The molecule has 0 saturated heterocycles. The number of amides is 1. The summed E-state index contributed by atoms with van der Waals surface area (Å²) in [5.74, 6) is -0.0270. The van der Waals surface area contributed by atoms with E-state index in [2.05, 4.69) is 31.2 Å². The summed E-state index contributed by atoms with van der Waals surface area (Å²) in [6.07, 6.45) is 0. The smallest absolute Gasteiger partial charge is 0.264 e. The van der Waals surface area contributed by atoms with Crippen LogP contribution in [0.25, 0.3) is 22.2 Å². The van der Waals surface area contributed by atoms with Crippen LogP contribution in [0.4, 0.5) is 5.13 Å². The van der Waals surface area contributed by atoms with Gasteiger partial charge in [-0.3, -0.25) is 10.1 Å².